The number of rotatable bonds is 7. The lowest BCUT2D eigenvalue weighted by Crippen LogP contribution is -2.53. The minimum Gasteiger partial charge on any atom is -0.354 e. The van der Waals surface area contributed by atoms with Gasteiger partial charge in [-0.05, 0) is 44.1 Å². The fourth-order valence-electron chi connectivity index (χ4n) is 4.73. The molecule has 0 radical (unpaired) electrons. The van der Waals surface area contributed by atoms with Crippen molar-refractivity contribution in [2.75, 3.05) is 46.8 Å². The summed E-state index contributed by atoms with van der Waals surface area (Å²) in [7, 11) is 3.57. The summed E-state index contributed by atoms with van der Waals surface area (Å²) >= 11 is 0. The van der Waals surface area contributed by atoms with Crippen LogP contribution in [0, 0.1) is 0 Å². The smallest absolute Gasteiger partial charge is 0.243 e. The van der Waals surface area contributed by atoms with Crippen LogP contribution < -0.4 is 10.6 Å². The number of aliphatic imine (C=N–C) groups is 1. The summed E-state index contributed by atoms with van der Waals surface area (Å²) in [6.07, 6.45) is 7.23. The standard InChI is InChI=1S/C25H40N6O.HI/c1-29(2)24(32)18-26-25(28-22-12-16-31(17-13-22)23-8-9-23)27-21-10-14-30(15-11-21)19-20-6-4-3-5-7-20;/h3-7,21-23H,8-19H2,1-2H3,(H2,26,27,28);1H. The van der Waals surface area contributed by atoms with Crippen molar-refractivity contribution in [2.45, 2.75) is 63.2 Å². The molecule has 3 aliphatic rings. The van der Waals surface area contributed by atoms with E-state index in [1.807, 2.05) is 0 Å². The Morgan fingerprint density at radius 2 is 1.52 bits per heavy atom. The van der Waals surface area contributed by atoms with Gasteiger partial charge in [0.15, 0.2) is 5.96 Å². The van der Waals surface area contributed by atoms with Gasteiger partial charge in [-0.3, -0.25) is 9.69 Å². The van der Waals surface area contributed by atoms with Gasteiger partial charge >= 0.3 is 0 Å². The predicted octanol–water partition coefficient (Wildman–Crippen LogP) is 2.52. The number of likely N-dealkylation sites (N-methyl/N-ethyl adjacent to an activating group) is 1. The molecule has 0 aromatic heterocycles. The minimum atomic E-state index is 0. The van der Waals surface area contributed by atoms with Crippen molar-refractivity contribution in [1.29, 1.82) is 0 Å². The summed E-state index contributed by atoms with van der Waals surface area (Å²) in [5.74, 6) is 0.846. The number of carbonyl (C=O) groups excluding carboxylic acids is 1. The first-order valence-corrected chi connectivity index (χ1v) is 12.3. The zero-order valence-corrected chi connectivity index (χ0v) is 22.5. The Labute approximate surface area is 216 Å². The molecular formula is C25H41IN6O. The molecular weight excluding hydrogens is 527 g/mol. The van der Waals surface area contributed by atoms with E-state index in [9.17, 15) is 4.79 Å². The van der Waals surface area contributed by atoms with E-state index in [0.717, 1.165) is 57.3 Å². The van der Waals surface area contributed by atoms with Crippen molar-refractivity contribution in [3.05, 3.63) is 35.9 Å². The third-order valence-electron chi connectivity index (χ3n) is 6.98. The van der Waals surface area contributed by atoms with Crippen LogP contribution >= 0.6 is 24.0 Å². The molecule has 7 nitrogen and oxygen atoms in total. The second kappa shape index (κ2) is 12.9. The molecule has 2 heterocycles. The van der Waals surface area contributed by atoms with Crippen LogP contribution in [0.25, 0.3) is 0 Å². The van der Waals surface area contributed by atoms with Gasteiger partial charge in [0.1, 0.15) is 6.54 Å². The second-order valence-electron chi connectivity index (χ2n) is 9.82. The predicted molar refractivity (Wildman–Crippen MR) is 145 cm³/mol. The number of halogens is 1. The fourth-order valence-corrected chi connectivity index (χ4v) is 4.73. The molecule has 0 spiro atoms. The Kier molecular flexibility index (Phi) is 10.2. The third kappa shape index (κ3) is 8.40. The van der Waals surface area contributed by atoms with Crippen molar-refractivity contribution >= 4 is 35.8 Å². The third-order valence-corrected chi connectivity index (χ3v) is 6.98. The quantitative estimate of drug-likeness (QED) is 0.301. The molecule has 184 valence electrons. The average molecular weight is 569 g/mol. The van der Waals surface area contributed by atoms with Crippen molar-refractivity contribution in [3.63, 3.8) is 0 Å². The van der Waals surface area contributed by atoms with Crippen molar-refractivity contribution in [2.24, 2.45) is 4.99 Å². The maximum atomic E-state index is 12.1. The van der Waals surface area contributed by atoms with E-state index in [4.69, 9.17) is 0 Å². The summed E-state index contributed by atoms with van der Waals surface area (Å²) < 4.78 is 0. The van der Waals surface area contributed by atoms with Gasteiger partial charge in [-0.25, -0.2) is 4.99 Å². The summed E-state index contributed by atoms with van der Waals surface area (Å²) in [5.41, 5.74) is 1.38. The first-order valence-electron chi connectivity index (χ1n) is 12.3. The van der Waals surface area contributed by atoms with Gasteiger partial charge in [0.25, 0.3) is 0 Å². The Hall–Kier alpha value is -1.39. The highest BCUT2D eigenvalue weighted by molar-refractivity contribution is 14.0. The van der Waals surface area contributed by atoms with Gasteiger partial charge in [-0.15, -0.1) is 24.0 Å². The molecule has 0 atom stereocenters. The van der Waals surface area contributed by atoms with Gasteiger partial charge in [0, 0.05) is 64.9 Å². The molecule has 0 unspecified atom stereocenters. The van der Waals surface area contributed by atoms with Gasteiger partial charge in [-0.1, -0.05) is 30.3 Å². The first kappa shape index (κ1) is 26.2. The second-order valence-corrected chi connectivity index (χ2v) is 9.82. The number of hydrogen-bond donors (Lipinski definition) is 2. The highest BCUT2D eigenvalue weighted by atomic mass is 127. The number of benzene rings is 1. The molecule has 2 saturated heterocycles. The SMILES string of the molecule is CN(C)C(=O)CN=C(NC1CCN(Cc2ccccc2)CC1)NC1CCN(C2CC2)CC1.I. The number of amides is 1. The molecule has 1 aliphatic carbocycles. The van der Waals surface area contributed by atoms with Crippen molar-refractivity contribution < 1.29 is 4.79 Å². The number of piperidine rings is 2. The normalized spacial score (nSPS) is 21.3. The number of guanidine groups is 1. The molecule has 2 aliphatic heterocycles. The van der Waals surface area contributed by atoms with E-state index in [1.54, 1.807) is 19.0 Å². The van der Waals surface area contributed by atoms with Crippen molar-refractivity contribution in [3.8, 4) is 0 Å². The highest BCUT2D eigenvalue weighted by Crippen LogP contribution is 2.29. The van der Waals surface area contributed by atoms with Crippen LogP contribution in [0.4, 0.5) is 0 Å². The van der Waals surface area contributed by atoms with Crippen LogP contribution in [-0.4, -0.2) is 91.5 Å². The Morgan fingerprint density at radius 1 is 0.939 bits per heavy atom. The zero-order valence-electron chi connectivity index (χ0n) is 20.2. The summed E-state index contributed by atoms with van der Waals surface area (Å²) in [5, 5.41) is 7.31. The van der Waals surface area contributed by atoms with Crippen LogP contribution in [0.15, 0.2) is 35.3 Å². The van der Waals surface area contributed by atoms with Crippen molar-refractivity contribution in [1.82, 2.24) is 25.3 Å². The largest absolute Gasteiger partial charge is 0.354 e. The lowest BCUT2D eigenvalue weighted by atomic mass is 10.0. The number of nitrogens with one attached hydrogen (secondary N) is 2. The van der Waals surface area contributed by atoms with Gasteiger partial charge in [-0.2, -0.15) is 0 Å². The Bertz CT molecular complexity index is 753. The molecule has 2 N–H and O–H groups in total. The van der Waals surface area contributed by atoms with Gasteiger partial charge in [0.05, 0.1) is 0 Å². The van der Waals surface area contributed by atoms with Crippen LogP contribution in [-0.2, 0) is 11.3 Å². The lowest BCUT2D eigenvalue weighted by Gasteiger charge is -2.35. The first-order chi connectivity index (χ1) is 15.6. The number of hydrogen-bond acceptors (Lipinski definition) is 4. The summed E-state index contributed by atoms with van der Waals surface area (Å²) in [6.45, 7) is 5.71. The molecule has 33 heavy (non-hydrogen) atoms. The summed E-state index contributed by atoms with van der Waals surface area (Å²) in [4.78, 5) is 23.6. The maximum absolute atomic E-state index is 12.1. The average Bonchev–Trinajstić information content (AvgIpc) is 3.65. The molecule has 0 bridgehead atoms. The monoisotopic (exact) mass is 568 g/mol. The Morgan fingerprint density at radius 3 is 2.06 bits per heavy atom. The molecule has 1 amide bonds. The maximum Gasteiger partial charge on any atom is 0.243 e. The highest BCUT2D eigenvalue weighted by Gasteiger charge is 2.32. The molecule has 1 aromatic rings. The molecule has 3 fully saturated rings. The van der Waals surface area contributed by atoms with E-state index in [-0.39, 0.29) is 36.4 Å². The number of nitrogens with zero attached hydrogens (tertiary/aromatic N) is 4. The van der Waals surface area contributed by atoms with E-state index in [1.165, 1.54) is 31.5 Å². The fraction of sp³-hybridized carbons (Fsp3) is 0.680. The van der Waals surface area contributed by atoms with Crippen LogP contribution in [0.5, 0.6) is 0 Å². The van der Waals surface area contributed by atoms with Gasteiger partial charge < -0.3 is 20.4 Å². The number of likely N-dealkylation sites (tertiary alicyclic amines) is 2. The molecule has 4 rings (SSSR count). The molecule has 1 aromatic carbocycles. The van der Waals surface area contributed by atoms with Crippen LogP contribution in [0.2, 0.25) is 0 Å². The molecule has 1 saturated carbocycles. The summed E-state index contributed by atoms with van der Waals surface area (Å²) in [6, 6.07) is 12.4. The van der Waals surface area contributed by atoms with E-state index < -0.39 is 0 Å². The van der Waals surface area contributed by atoms with Gasteiger partial charge in [0.2, 0.25) is 5.91 Å². The Balaban J connectivity index is 0.00000306. The van der Waals surface area contributed by atoms with E-state index >= 15 is 0 Å². The van der Waals surface area contributed by atoms with Crippen LogP contribution in [0.3, 0.4) is 0 Å². The topological polar surface area (TPSA) is 63.2 Å². The number of carbonyl (C=O) groups is 1. The zero-order chi connectivity index (χ0) is 22.3. The van der Waals surface area contributed by atoms with Crippen LogP contribution in [0.1, 0.15) is 44.1 Å². The van der Waals surface area contributed by atoms with E-state index in [2.05, 4.69) is 55.8 Å². The minimum absolute atomic E-state index is 0. The molecule has 8 heteroatoms. The lowest BCUT2D eigenvalue weighted by molar-refractivity contribution is -0.127. The van der Waals surface area contributed by atoms with E-state index in [0.29, 0.717) is 12.1 Å².